The molecule has 0 atom stereocenters. The molecule has 0 radical (unpaired) electrons. The number of nitrogens with one attached hydrogen (secondary N) is 2. The van der Waals surface area contributed by atoms with Crippen LogP contribution in [0.5, 0.6) is 17.2 Å². The summed E-state index contributed by atoms with van der Waals surface area (Å²) >= 11 is 5.06. The molecular weight excluding hydrogens is 372 g/mol. The van der Waals surface area contributed by atoms with Crippen molar-refractivity contribution in [2.24, 2.45) is 0 Å². The highest BCUT2D eigenvalue weighted by molar-refractivity contribution is 7.80. The zero-order chi connectivity index (χ0) is 19.8. The predicted octanol–water partition coefficient (Wildman–Crippen LogP) is 0.959. The molecule has 0 aliphatic carbocycles. The van der Waals surface area contributed by atoms with Gasteiger partial charge in [0.25, 0.3) is 5.91 Å². The Kier molecular flexibility index (Phi) is 6.95. The van der Waals surface area contributed by atoms with Crippen LogP contribution in [0.15, 0.2) is 42.5 Å². The van der Waals surface area contributed by atoms with E-state index in [0.717, 1.165) is 0 Å². The van der Waals surface area contributed by atoms with Crippen LogP contribution in [0.4, 0.5) is 5.69 Å². The first-order chi connectivity index (χ1) is 12.9. The Morgan fingerprint density at radius 2 is 1.70 bits per heavy atom. The van der Waals surface area contributed by atoms with Gasteiger partial charge in [-0.05, 0) is 60.2 Å². The summed E-state index contributed by atoms with van der Waals surface area (Å²) in [6, 6.07) is 10.8. The van der Waals surface area contributed by atoms with Gasteiger partial charge in [-0.1, -0.05) is 0 Å². The maximum atomic E-state index is 11.9. The molecule has 0 saturated carbocycles. The number of anilines is 1. The van der Waals surface area contributed by atoms with Crippen LogP contribution in [-0.2, 0) is 4.79 Å². The molecule has 0 aliphatic rings. The standard InChI is InChI=1S/C18H18N2O6S/c1-24-12-4-6-13(7-5-12)26-10-16(21)20-18(27)19-14-9-11(17(22)23)3-8-15(14)25-2/h3-9H,10H2,1-2H3,(H,22,23)(H2,19,20,21,27)/p-1. The lowest BCUT2D eigenvalue weighted by atomic mass is 10.2. The van der Waals surface area contributed by atoms with Crippen molar-refractivity contribution in [2.45, 2.75) is 0 Å². The Morgan fingerprint density at radius 1 is 1.04 bits per heavy atom. The Morgan fingerprint density at radius 3 is 2.30 bits per heavy atom. The number of carbonyl (C=O) groups excluding carboxylic acids is 2. The van der Waals surface area contributed by atoms with Crippen LogP contribution in [0, 0.1) is 0 Å². The smallest absolute Gasteiger partial charge is 0.264 e. The molecule has 27 heavy (non-hydrogen) atoms. The topological polar surface area (TPSA) is 109 Å². The van der Waals surface area contributed by atoms with Crippen LogP contribution >= 0.6 is 12.2 Å². The lowest BCUT2D eigenvalue weighted by Crippen LogP contribution is -2.37. The Bertz CT molecular complexity index is 838. The van der Waals surface area contributed by atoms with Gasteiger partial charge < -0.3 is 29.4 Å². The van der Waals surface area contributed by atoms with Crippen LogP contribution in [0.2, 0.25) is 0 Å². The zero-order valence-electron chi connectivity index (χ0n) is 14.6. The molecule has 0 saturated heterocycles. The molecule has 1 amide bonds. The Labute approximate surface area is 161 Å². The van der Waals surface area contributed by atoms with Gasteiger partial charge in [-0.3, -0.25) is 10.1 Å². The molecule has 0 aromatic heterocycles. The van der Waals surface area contributed by atoms with Crippen molar-refractivity contribution in [1.29, 1.82) is 0 Å². The van der Waals surface area contributed by atoms with E-state index in [2.05, 4.69) is 10.6 Å². The van der Waals surface area contributed by atoms with Crippen LogP contribution in [0.1, 0.15) is 10.4 Å². The Hall–Kier alpha value is -3.33. The van der Waals surface area contributed by atoms with Gasteiger partial charge in [0.05, 0.1) is 25.9 Å². The molecule has 0 fully saturated rings. The van der Waals surface area contributed by atoms with Crippen LogP contribution in [-0.4, -0.2) is 37.8 Å². The average Bonchev–Trinajstić information content (AvgIpc) is 2.66. The van der Waals surface area contributed by atoms with E-state index in [4.69, 9.17) is 26.4 Å². The second-order valence-electron chi connectivity index (χ2n) is 5.17. The van der Waals surface area contributed by atoms with E-state index in [9.17, 15) is 14.7 Å². The van der Waals surface area contributed by atoms with Crippen molar-refractivity contribution >= 4 is 34.9 Å². The minimum Gasteiger partial charge on any atom is -0.545 e. The number of methoxy groups -OCH3 is 2. The number of carbonyl (C=O) groups is 2. The van der Waals surface area contributed by atoms with Gasteiger partial charge in [0.2, 0.25) is 0 Å². The molecule has 0 heterocycles. The second kappa shape index (κ2) is 9.39. The molecule has 142 valence electrons. The Balaban J connectivity index is 1.91. The molecule has 8 nitrogen and oxygen atoms in total. The molecule has 0 bridgehead atoms. The van der Waals surface area contributed by atoms with Gasteiger partial charge in [-0.25, -0.2) is 0 Å². The van der Waals surface area contributed by atoms with Crippen LogP contribution < -0.4 is 30.0 Å². The minimum atomic E-state index is -1.34. The number of rotatable bonds is 7. The zero-order valence-corrected chi connectivity index (χ0v) is 15.4. The van der Waals surface area contributed by atoms with Crippen molar-refractivity contribution in [3.63, 3.8) is 0 Å². The second-order valence-corrected chi connectivity index (χ2v) is 5.58. The number of carboxylic acids is 1. The number of hydrogen-bond donors (Lipinski definition) is 2. The quantitative estimate of drug-likeness (QED) is 0.674. The number of carboxylic acid groups (broad SMARTS) is 1. The van der Waals surface area contributed by atoms with Gasteiger partial charge in [0, 0.05) is 0 Å². The highest BCUT2D eigenvalue weighted by Gasteiger charge is 2.10. The number of thiocarbonyl (C=S) groups is 1. The highest BCUT2D eigenvalue weighted by atomic mass is 32.1. The molecular formula is C18H17N2O6S-. The first-order valence-electron chi connectivity index (χ1n) is 7.70. The van der Waals surface area contributed by atoms with Crippen LogP contribution in [0.3, 0.4) is 0 Å². The number of benzene rings is 2. The summed E-state index contributed by atoms with van der Waals surface area (Å²) in [5, 5.41) is 16.1. The fourth-order valence-electron chi connectivity index (χ4n) is 2.07. The number of amides is 1. The monoisotopic (exact) mass is 389 g/mol. The van der Waals surface area contributed by atoms with Gasteiger partial charge in [-0.15, -0.1) is 0 Å². The van der Waals surface area contributed by atoms with Crippen molar-refractivity contribution < 1.29 is 28.9 Å². The fourth-order valence-corrected chi connectivity index (χ4v) is 2.29. The van der Waals surface area contributed by atoms with Gasteiger partial charge in [0.1, 0.15) is 17.2 Å². The molecule has 9 heteroatoms. The summed E-state index contributed by atoms with van der Waals surface area (Å²) < 4.78 is 15.5. The van der Waals surface area contributed by atoms with Crippen molar-refractivity contribution in [1.82, 2.24) is 5.32 Å². The molecule has 0 spiro atoms. The van der Waals surface area contributed by atoms with Gasteiger partial charge in [-0.2, -0.15) is 0 Å². The third-order valence-corrected chi connectivity index (χ3v) is 3.57. The summed E-state index contributed by atoms with van der Waals surface area (Å²) in [6.07, 6.45) is 0. The van der Waals surface area contributed by atoms with Crippen molar-refractivity contribution in [3.05, 3.63) is 48.0 Å². The van der Waals surface area contributed by atoms with E-state index < -0.39 is 11.9 Å². The van der Waals surface area contributed by atoms with Gasteiger partial charge >= 0.3 is 0 Å². The maximum absolute atomic E-state index is 11.9. The molecule has 0 unspecified atom stereocenters. The average molecular weight is 389 g/mol. The van der Waals surface area contributed by atoms with E-state index in [1.807, 2.05) is 0 Å². The minimum absolute atomic E-state index is 0.0351. The van der Waals surface area contributed by atoms with Crippen molar-refractivity contribution in [2.75, 3.05) is 26.1 Å². The number of ether oxygens (including phenoxy) is 3. The predicted molar refractivity (Wildman–Crippen MR) is 100 cm³/mol. The lowest BCUT2D eigenvalue weighted by molar-refractivity contribution is -0.255. The molecule has 0 aliphatic heterocycles. The molecule has 2 aromatic rings. The first kappa shape index (κ1) is 20.0. The summed E-state index contributed by atoms with van der Waals surface area (Å²) in [6.45, 7) is -0.260. The van der Waals surface area contributed by atoms with E-state index in [1.54, 1.807) is 31.4 Å². The van der Waals surface area contributed by atoms with E-state index in [0.29, 0.717) is 17.2 Å². The maximum Gasteiger partial charge on any atom is 0.264 e. The van der Waals surface area contributed by atoms with E-state index in [-0.39, 0.29) is 23.0 Å². The van der Waals surface area contributed by atoms with E-state index in [1.165, 1.54) is 25.3 Å². The molecule has 2 rings (SSSR count). The third-order valence-electron chi connectivity index (χ3n) is 3.37. The van der Waals surface area contributed by atoms with Crippen molar-refractivity contribution in [3.8, 4) is 17.2 Å². The fraction of sp³-hybridized carbons (Fsp3) is 0.167. The third kappa shape index (κ3) is 5.86. The summed E-state index contributed by atoms with van der Waals surface area (Å²) in [4.78, 5) is 22.9. The summed E-state index contributed by atoms with van der Waals surface area (Å²) in [5.41, 5.74) is 0.218. The number of aromatic carboxylic acids is 1. The largest absolute Gasteiger partial charge is 0.545 e. The summed E-state index contributed by atoms with van der Waals surface area (Å²) in [7, 11) is 2.97. The van der Waals surface area contributed by atoms with Gasteiger partial charge in [0.15, 0.2) is 11.7 Å². The molecule has 2 N–H and O–H groups in total. The normalized spacial score (nSPS) is 9.85. The van der Waals surface area contributed by atoms with E-state index >= 15 is 0 Å². The SMILES string of the molecule is COc1ccc(OCC(=O)NC(=S)Nc2cc(C(=O)[O-])ccc2OC)cc1. The number of hydrogen-bond acceptors (Lipinski definition) is 7. The summed E-state index contributed by atoms with van der Waals surface area (Å²) in [5.74, 6) is -0.314. The molecule has 2 aromatic carbocycles. The van der Waals surface area contributed by atoms with Crippen LogP contribution in [0.25, 0.3) is 0 Å². The first-order valence-corrected chi connectivity index (χ1v) is 8.11. The lowest BCUT2D eigenvalue weighted by Gasteiger charge is -2.14. The highest BCUT2D eigenvalue weighted by Crippen LogP contribution is 2.25.